The highest BCUT2D eigenvalue weighted by molar-refractivity contribution is 7.98. The minimum atomic E-state index is 0.469. The summed E-state index contributed by atoms with van der Waals surface area (Å²) in [5.74, 6) is 3.34. The predicted octanol–water partition coefficient (Wildman–Crippen LogP) is 4.03. The molecule has 0 spiro atoms. The van der Waals surface area contributed by atoms with Gasteiger partial charge in [-0.15, -0.1) is 5.10 Å². The van der Waals surface area contributed by atoms with Crippen LogP contribution in [0.25, 0.3) is 5.69 Å². The molecule has 0 aliphatic rings. The van der Waals surface area contributed by atoms with E-state index in [2.05, 4.69) is 20.3 Å². The summed E-state index contributed by atoms with van der Waals surface area (Å²) in [6, 6.07) is 19.1. The Morgan fingerprint density at radius 3 is 2.50 bits per heavy atom. The molecule has 2 aromatic carbocycles. The van der Waals surface area contributed by atoms with Crippen molar-refractivity contribution in [1.29, 1.82) is 0 Å². The summed E-state index contributed by atoms with van der Waals surface area (Å²) in [5.41, 5.74) is 7.52. The number of anilines is 1. The molecule has 8 heteroatoms. The maximum Gasteiger partial charge on any atom is 0.128 e. The number of nitrogen functional groups attached to an aromatic ring is 1. The van der Waals surface area contributed by atoms with Gasteiger partial charge in [-0.1, -0.05) is 35.2 Å². The van der Waals surface area contributed by atoms with Gasteiger partial charge >= 0.3 is 0 Å². The summed E-state index contributed by atoms with van der Waals surface area (Å²) in [5, 5.41) is 9.25. The van der Waals surface area contributed by atoms with Gasteiger partial charge in [0.2, 0.25) is 0 Å². The molecule has 2 heterocycles. The van der Waals surface area contributed by atoms with Gasteiger partial charge in [0, 0.05) is 11.8 Å². The third-order valence-electron chi connectivity index (χ3n) is 3.82. The normalized spacial score (nSPS) is 10.8. The number of thioether (sulfide) groups is 1. The Morgan fingerprint density at radius 1 is 1.00 bits per heavy atom. The van der Waals surface area contributed by atoms with Crippen LogP contribution in [0.2, 0.25) is 0 Å². The van der Waals surface area contributed by atoms with E-state index in [0.717, 1.165) is 27.9 Å². The highest BCUT2D eigenvalue weighted by atomic mass is 32.2. The van der Waals surface area contributed by atoms with Crippen molar-refractivity contribution in [2.75, 3.05) is 5.73 Å². The summed E-state index contributed by atoms with van der Waals surface area (Å²) in [4.78, 5) is 8.44. The Kier molecular flexibility index (Phi) is 5.20. The van der Waals surface area contributed by atoms with Crippen molar-refractivity contribution in [2.24, 2.45) is 0 Å². The summed E-state index contributed by atoms with van der Waals surface area (Å²) in [6.07, 6.45) is 1.90. The van der Waals surface area contributed by atoms with Crippen LogP contribution in [-0.4, -0.2) is 25.0 Å². The van der Waals surface area contributed by atoms with Crippen LogP contribution in [0.5, 0.6) is 11.5 Å². The van der Waals surface area contributed by atoms with Crippen LogP contribution in [0.1, 0.15) is 11.5 Å². The first kappa shape index (κ1) is 18.0. The van der Waals surface area contributed by atoms with E-state index in [4.69, 9.17) is 10.5 Å². The molecular formula is C20H18N6OS. The molecule has 28 heavy (non-hydrogen) atoms. The summed E-state index contributed by atoms with van der Waals surface area (Å²) in [6.45, 7) is 1.82. The third kappa shape index (κ3) is 4.47. The topological polar surface area (TPSA) is 91.7 Å². The van der Waals surface area contributed by atoms with Crippen molar-refractivity contribution in [3.05, 3.63) is 78.4 Å². The molecule has 140 valence electrons. The second-order valence-corrected chi connectivity index (χ2v) is 7.03. The van der Waals surface area contributed by atoms with Gasteiger partial charge in [0.25, 0.3) is 0 Å². The second kappa shape index (κ2) is 8.10. The Labute approximate surface area is 166 Å². The van der Waals surface area contributed by atoms with Crippen LogP contribution in [0, 0.1) is 6.92 Å². The van der Waals surface area contributed by atoms with Gasteiger partial charge in [-0.25, -0.2) is 14.6 Å². The third-order valence-corrected chi connectivity index (χ3v) is 4.77. The molecule has 0 atom stereocenters. The van der Waals surface area contributed by atoms with Gasteiger partial charge in [0.05, 0.1) is 17.6 Å². The zero-order chi connectivity index (χ0) is 19.3. The smallest absolute Gasteiger partial charge is 0.128 e. The van der Waals surface area contributed by atoms with Crippen LogP contribution >= 0.6 is 11.8 Å². The number of ether oxygens (including phenoxy) is 1. The summed E-state index contributed by atoms with van der Waals surface area (Å²) in [7, 11) is 0. The first-order valence-corrected chi connectivity index (χ1v) is 9.63. The first-order valence-electron chi connectivity index (χ1n) is 8.64. The average Bonchev–Trinajstić information content (AvgIpc) is 3.16. The van der Waals surface area contributed by atoms with Gasteiger partial charge < -0.3 is 10.5 Å². The largest absolute Gasteiger partial charge is 0.457 e. The van der Waals surface area contributed by atoms with Gasteiger partial charge in [-0.2, -0.15) is 0 Å². The standard InChI is InChI=1S/C20H18N6OS/c1-14-22-19(21)11-20(23-14)28-13-15-12-26(25-24-15)16-7-9-18(10-8-16)27-17-5-3-2-4-6-17/h2-12H,13H2,1H3,(H2,21,22,23). The fourth-order valence-electron chi connectivity index (χ4n) is 2.57. The molecule has 0 aliphatic carbocycles. The van der Waals surface area contributed by atoms with E-state index in [9.17, 15) is 0 Å². The molecule has 4 aromatic rings. The highest BCUT2D eigenvalue weighted by Gasteiger charge is 2.06. The van der Waals surface area contributed by atoms with E-state index in [-0.39, 0.29) is 0 Å². The van der Waals surface area contributed by atoms with Crippen LogP contribution in [0.3, 0.4) is 0 Å². The molecule has 2 aromatic heterocycles. The Balaban J connectivity index is 1.41. The quantitative estimate of drug-likeness (QED) is 0.392. The first-order chi connectivity index (χ1) is 13.7. The van der Waals surface area contributed by atoms with E-state index in [1.54, 1.807) is 22.5 Å². The molecule has 0 aliphatic heterocycles. The number of rotatable bonds is 6. The summed E-state index contributed by atoms with van der Waals surface area (Å²) < 4.78 is 7.55. The minimum absolute atomic E-state index is 0.469. The van der Waals surface area contributed by atoms with E-state index in [1.165, 1.54) is 0 Å². The van der Waals surface area contributed by atoms with Crippen LogP contribution in [0.15, 0.2) is 71.9 Å². The van der Waals surface area contributed by atoms with Crippen LogP contribution in [-0.2, 0) is 5.75 Å². The fourth-order valence-corrected chi connectivity index (χ4v) is 3.40. The van der Waals surface area contributed by atoms with Crippen molar-refractivity contribution in [3.8, 4) is 17.2 Å². The molecule has 0 saturated carbocycles. The van der Waals surface area contributed by atoms with E-state index < -0.39 is 0 Å². The van der Waals surface area contributed by atoms with Gasteiger partial charge in [-0.05, 0) is 43.3 Å². The van der Waals surface area contributed by atoms with Crippen molar-refractivity contribution in [1.82, 2.24) is 25.0 Å². The highest BCUT2D eigenvalue weighted by Crippen LogP contribution is 2.23. The van der Waals surface area contributed by atoms with Gasteiger partial charge in [0.15, 0.2) is 0 Å². The van der Waals surface area contributed by atoms with E-state index >= 15 is 0 Å². The van der Waals surface area contributed by atoms with Crippen LogP contribution in [0.4, 0.5) is 5.82 Å². The minimum Gasteiger partial charge on any atom is -0.457 e. The SMILES string of the molecule is Cc1nc(N)cc(SCc2cn(-c3ccc(Oc4ccccc4)cc3)nn2)n1. The monoisotopic (exact) mass is 390 g/mol. The molecule has 0 bridgehead atoms. The number of nitrogens with zero attached hydrogens (tertiary/aromatic N) is 5. The number of aromatic nitrogens is 5. The average molecular weight is 390 g/mol. The lowest BCUT2D eigenvalue weighted by atomic mass is 10.3. The Morgan fingerprint density at radius 2 is 1.75 bits per heavy atom. The van der Waals surface area contributed by atoms with Crippen molar-refractivity contribution < 1.29 is 4.74 Å². The molecule has 0 amide bonds. The van der Waals surface area contributed by atoms with E-state index in [1.807, 2.05) is 67.7 Å². The van der Waals surface area contributed by atoms with Crippen molar-refractivity contribution >= 4 is 17.6 Å². The second-order valence-electron chi connectivity index (χ2n) is 6.03. The predicted molar refractivity (Wildman–Crippen MR) is 109 cm³/mol. The van der Waals surface area contributed by atoms with Crippen molar-refractivity contribution in [2.45, 2.75) is 17.7 Å². The molecule has 0 fully saturated rings. The van der Waals surface area contributed by atoms with Gasteiger partial charge in [-0.3, -0.25) is 0 Å². The lowest BCUT2D eigenvalue weighted by Gasteiger charge is -2.06. The molecule has 0 saturated heterocycles. The number of aryl methyl sites for hydroxylation is 1. The molecule has 4 rings (SSSR count). The number of hydrogen-bond donors (Lipinski definition) is 1. The molecular weight excluding hydrogens is 372 g/mol. The number of hydrogen-bond acceptors (Lipinski definition) is 7. The zero-order valence-corrected chi connectivity index (χ0v) is 16.0. The number of para-hydroxylation sites is 1. The molecule has 7 nitrogen and oxygen atoms in total. The van der Waals surface area contributed by atoms with Crippen LogP contribution < -0.4 is 10.5 Å². The fraction of sp³-hybridized carbons (Fsp3) is 0.100. The maximum atomic E-state index is 5.81. The number of benzene rings is 2. The summed E-state index contributed by atoms with van der Waals surface area (Å²) >= 11 is 1.55. The Hall–Kier alpha value is -3.39. The molecule has 0 radical (unpaired) electrons. The number of nitrogens with two attached hydrogens (primary N) is 1. The van der Waals surface area contributed by atoms with Gasteiger partial charge in [0.1, 0.15) is 28.2 Å². The molecule has 0 unspecified atom stereocenters. The lowest BCUT2D eigenvalue weighted by molar-refractivity contribution is 0.482. The lowest BCUT2D eigenvalue weighted by Crippen LogP contribution is -1.96. The zero-order valence-electron chi connectivity index (χ0n) is 15.2. The van der Waals surface area contributed by atoms with Crippen molar-refractivity contribution in [3.63, 3.8) is 0 Å². The molecule has 2 N–H and O–H groups in total. The Bertz CT molecular complexity index is 1050. The maximum absolute atomic E-state index is 5.81. The van der Waals surface area contributed by atoms with E-state index in [0.29, 0.717) is 17.4 Å².